The van der Waals surface area contributed by atoms with Crippen molar-refractivity contribution < 1.29 is 14.3 Å². The van der Waals surface area contributed by atoms with Crippen LogP contribution in [0.25, 0.3) is 33.5 Å². The lowest BCUT2D eigenvalue weighted by Gasteiger charge is -2.27. The molecule has 0 bridgehead atoms. The van der Waals surface area contributed by atoms with Gasteiger partial charge < -0.3 is 30.0 Å². The average molecular weight is 588 g/mol. The first-order valence-electron chi connectivity index (χ1n) is 15.2. The fourth-order valence-electron chi connectivity index (χ4n) is 6.31. The lowest BCUT2D eigenvalue weighted by molar-refractivity contribution is 0.0989. The summed E-state index contributed by atoms with van der Waals surface area (Å²) < 4.78 is 11.6. The number of aromatic nitrogens is 4. The Hall–Kier alpha value is -4.96. The van der Waals surface area contributed by atoms with Crippen LogP contribution in [0.15, 0.2) is 60.8 Å². The number of nitrogens with two attached hydrogens (primary N) is 1. The van der Waals surface area contributed by atoms with Gasteiger partial charge in [0, 0.05) is 47.2 Å². The van der Waals surface area contributed by atoms with Gasteiger partial charge in [0.05, 0.1) is 31.0 Å². The van der Waals surface area contributed by atoms with Gasteiger partial charge in [-0.3, -0.25) is 4.79 Å². The Bertz CT molecular complexity index is 1890. The molecule has 5 aromatic rings. The van der Waals surface area contributed by atoms with Crippen molar-refractivity contribution in [3.63, 3.8) is 0 Å². The Morgan fingerprint density at radius 1 is 0.955 bits per heavy atom. The molecule has 3 aliphatic rings. The molecule has 3 aromatic heterocycles. The average Bonchev–Trinajstić information content (AvgIpc) is 3.84. The molecule has 10 nitrogen and oxygen atoms in total. The van der Waals surface area contributed by atoms with Gasteiger partial charge >= 0.3 is 0 Å². The number of carbonyl (C=O) groups is 1. The fraction of sp³-hybridized carbons (Fsp3) is 0.294. The van der Waals surface area contributed by atoms with Crippen molar-refractivity contribution in [1.82, 2.24) is 19.9 Å². The summed E-state index contributed by atoms with van der Waals surface area (Å²) in [6.45, 7) is 5.97. The number of nitrogen functional groups attached to an aromatic ring is 1. The minimum atomic E-state index is -0.0654. The molecule has 0 atom stereocenters. The molecule has 5 heterocycles. The maximum absolute atomic E-state index is 13.9. The van der Waals surface area contributed by atoms with Crippen LogP contribution in [0.5, 0.6) is 5.75 Å². The van der Waals surface area contributed by atoms with Gasteiger partial charge in [0.1, 0.15) is 23.8 Å². The zero-order valence-corrected chi connectivity index (χ0v) is 24.5. The van der Waals surface area contributed by atoms with Gasteiger partial charge in [-0.05, 0) is 73.2 Å². The third kappa shape index (κ3) is 4.71. The SMILES string of the molecule is Cc1c(-c2nc(N)nc3[nH]c(-c4ccc(N5CCOCC5)nc4)cc23)cccc1N1CCOc2cc(C3CC3)ccc2C1=O. The van der Waals surface area contributed by atoms with Crippen LogP contribution in [0.1, 0.15) is 40.2 Å². The van der Waals surface area contributed by atoms with Crippen LogP contribution < -0.4 is 20.3 Å². The molecule has 1 saturated heterocycles. The molecule has 10 heteroatoms. The highest BCUT2D eigenvalue weighted by Crippen LogP contribution is 2.43. The third-order valence-corrected chi connectivity index (χ3v) is 8.85. The van der Waals surface area contributed by atoms with Crippen molar-refractivity contribution >= 4 is 34.4 Å². The molecule has 0 unspecified atom stereocenters. The minimum absolute atomic E-state index is 0.0654. The number of carbonyl (C=O) groups excluding carboxylic acids is 1. The molecule has 1 aliphatic carbocycles. The van der Waals surface area contributed by atoms with Gasteiger partial charge in [0.25, 0.3) is 5.91 Å². The van der Waals surface area contributed by atoms with Crippen molar-refractivity contribution in [3.8, 4) is 28.3 Å². The quantitative estimate of drug-likeness (QED) is 0.283. The summed E-state index contributed by atoms with van der Waals surface area (Å²) in [6.07, 6.45) is 4.27. The van der Waals surface area contributed by atoms with E-state index in [4.69, 9.17) is 25.2 Å². The molecule has 8 rings (SSSR count). The van der Waals surface area contributed by atoms with Crippen molar-refractivity contribution in [2.24, 2.45) is 0 Å². The van der Waals surface area contributed by atoms with Crippen molar-refractivity contribution in [3.05, 3.63) is 77.5 Å². The van der Waals surface area contributed by atoms with Crippen molar-refractivity contribution in [1.29, 1.82) is 0 Å². The zero-order chi connectivity index (χ0) is 29.8. The highest BCUT2D eigenvalue weighted by molar-refractivity contribution is 6.09. The summed E-state index contributed by atoms with van der Waals surface area (Å²) in [5, 5.41) is 0.843. The Morgan fingerprint density at radius 2 is 1.82 bits per heavy atom. The number of hydrogen-bond donors (Lipinski definition) is 2. The first-order valence-corrected chi connectivity index (χ1v) is 15.2. The topological polar surface area (TPSA) is 122 Å². The highest BCUT2D eigenvalue weighted by Gasteiger charge is 2.30. The molecular weight excluding hydrogens is 554 g/mol. The first-order chi connectivity index (χ1) is 21.5. The zero-order valence-electron chi connectivity index (χ0n) is 24.5. The fourth-order valence-corrected chi connectivity index (χ4v) is 6.31. The van der Waals surface area contributed by atoms with Crippen LogP contribution in [0, 0.1) is 6.92 Å². The number of hydrogen-bond acceptors (Lipinski definition) is 8. The maximum atomic E-state index is 13.9. The summed E-state index contributed by atoms with van der Waals surface area (Å²) >= 11 is 0. The predicted molar refractivity (Wildman–Crippen MR) is 170 cm³/mol. The molecule has 1 amide bonds. The molecule has 3 N–H and O–H groups in total. The van der Waals surface area contributed by atoms with E-state index < -0.39 is 0 Å². The molecule has 2 aliphatic heterocycles. The molecule has 222 valence electrons. The van der Waals surface area contributed by atoms with E-state index in [1.165, 1.54) is 18.4 Å². The van der Waals surface area contributed by atoms with Gasteiger partial charge in [-0.2, -0.15) is 4.98 Å². The summed E-state index contributed by atoms with van der Waals surface area (Å²) in [7, 11) is 0. The number of aromatic amines is 1. The van der Waals surface area contributed by atoms with Crippen molar-refractivity contribution in [2.75, 3.05) is 55.0 Å². The van der Waals surface area contributed by atoms with Gasteiger partial charge in [0.15, 0.2) is 0 Å². The number of nitrogens with zero attached hydrogens (tertiary/aromatic N) is 5. The second-order valence-corrected chi connectivity index (χ2v) is 11.7. The summed E-state index contributed by atoms with van der Waals surface area (Å²) in [6, 6.07) is 18.1. The van der Waals surface area contributed by atoms with Crippen molar-refractivity contribution in [2.45, 2.75) is 25.7 Å². The number of amides is 1. The van der Waals surface area contributed by atoms with E-state index in [0.717, 1.165) is 52.4 Å². The molecule has 2 fully saturated rings. The number of nitrogens with one attached hydrogen (secondary N) is 1. The molecule has 0 spiro atoms. The standard InChI is InChI=1S/C34H33N7O3/c1-20-24(3-2-4-28(20)41-13-16-44-29-17-22(21-5-6-21)7-9-25(29)33(41)42)31-26-18-27(37-32(26)39-34(35)38-31)23-8-10-30(36-19-23)40-11-14-43-15-12-40/h2-4,7-10,17-19,21H,5-6,11-16H2,1H3,(H3,35,37,38,39). The molecule has 0 radical (unpaired) electrons. The lowest BCUT2D eigenvalue weighted by atomic mass is 10.00. The Morgan fingerprint density at radius 3 is 2.61 bits per heavy atom. The Balaban J connectivity index is 1.14. The number of fused-ring (bicyclic) bond motifs is 2. The molecular formula is C34H33N7O3. The van der Waals surface area contributed by atoms with Crippen LogP contribution in [0.2, 0.25) is 0 Å². The van der Waals surface area contributed by atoms with Gasteiger partial charge in [0.2, 0.25) is 5.95 Å². The maximum Gasteiger partial charge on any atom is 0.262 e. The Labute approximate surface area is 254 Å². The number of pyridine rings is 1. The van der Waals surface area contributed by atoms with Crippen LogP contribution in [-0.2, 0) is 4.74 Å². The van der Waals surface area contributed by atoms with E-state index in [1.807, 2.05) is 60.5 Å². The minimum Gasteiger partial charge on any atom is -0.491 e. The van der Waals surface area contributed by atoms with E-state index in [9.17, 15) is 4.79 Å². The van der Waals surface area contributed by atoms with E-state index >= 15 is 0 Å². The number of H-pyrrole nitrogens is 1. The smallest absolute Gasteiger partial charge is 0.262 e. The lowest BCUT2D eigenvalue weighted by Crippen LogP contribution is -2.36. The summed E-state index contributed by atoms with van der Waals surface area (Å²) in [5.41, 5.74) is 13.9. The van der Waals surface area contributed by atoms with E-state index in [-0.39, 0.29) is 11.9 Å². The van der Waals surface area contributed by atoms with Crippen LogP contribution in [0.4, 0.5) is 17.5 Å². The normalized spacial score (nSPS) is 17.0. The Kier molecular flexibility index (Phi) is 6.44. The number of ether oxygens (including phenoxy) is 2. The van der Waals surface area contributed by atoms with Crippen LogP contribution in [0.3, 0.4) is 0 Å². The third-order valence-electron chi connectivity index (χ3n) is 8.85. The van der Waals surface area contributed by atoms with E-state index in [0.29, 0.717) is 54.9 Å². The monoisotopic (exact) mass is 587 g/mol. The second-order valence-electron chi connectivity index (χ2n) is 11.7. The first kappa shape index (κ1) is 26.7. The summed E-state index contributed by atoms with van der Waals surface area (Å²) in [4.78, 5) is 35.2. The van der Waals surface area contributed by atoms with E-state index in [2.05, 4.69) is 27.0 Å². The number of anilines is 3. The van der Waals surface area contributed by atoms with Gasteiger partial charge in [-0.15, -0.1) is 0 Å². The number of rotatable bonds is 5. The molecule has 1 saturated carbocycles. The second kappa shape index (κ2) is 10.6. The summed E-state index contributed by atoms with van der Waals surface area (Å²) in [5.74, 6) is 2.31. The number of benzene rings is 2. The largest absolute Gasteiger partial charge is 0.491 e. The molecule has 44 heavy (non-hydrogen) atoms. The molecule has 2 aromatic carbocycles. The van der Waals surface area contributed by atoms with Crippen LogP contribution >= 0.6 is 0 Å². The van der Waals surface area contributed by atoms with Gasteiger partial charge in [-0.1, -0.05) is 18.2 Å². The van der Waals surface area contributed by atoms with Crippen LogP contribution in [-0.4, -0.2) is 65.3 Å². The number of morpholine rings is 1. The van der Waals surface area contributed by atoms with E-state index in [1.54, 1.807) is 0 Å². The highest BCUT2D eigenvalue weighted by atomic mass is 16.5. The van der Waals surface area contributed by atoms with Gasteiger partial charge in [-0.25, -0.2) is 9.97 Å². The predicted octanol–water partition coefficient (Wildman–Crippen LogP) is 5.33.